The number of benzene rings is 2. The Labute approximate surface area is 182 Å². The maximum atomic E-state index is 12.5. The Balaban J connectivity index is 1.43. The molecule has 7 nitrogen and oxygen atoms in total. The van der Waals surface area contributed by atoms with E-state index in [1.165, 1.54) is 11.3 Å². The molecule has 0 unspecified atom stereocenters. The predicted octanol–water partition coefficient (Wildman–Crippen LogP) is 4.72. The molecule has 158 valence electrons. The Kier molecular flexibility index (Phi) is 5.99. The monoisotopic (exact) mass is 435 g/mol. The summed E-state index contributed by atoms with van der Waals surface area (Å²) in [6.45, 7) is 1.69. The Bertz CT molecular complexity index is 1270. The highest BCUT2D eigenvalue weighted by Crippen LogP contribution is 2.36. The van der Waals surface area contributed by atoms with E-state index in [0.717, 1.165) is 21.2 Å². The number of fused-ring (bicyclic) bond motifs is 3. The number of ether oxygens (including phenoxy) is 1. The van der Waals surface area contributed by atoms with Crippen LogP contribution in [0.4, 0.5) is 5.69 Å². The van der Waals surface area contributed by atoms with Gasteiger partial charge in [0, 0.05) is 27.4 Å². The van der Waals surface area contributed by atoms with Crippen LogP contribution in [0.3, 0.4) is 0 Å². The standard InChI is InChI=1S/C23H21N3O4S/c1-14(25-26-23(28)11-15-6-5-9-31-15)10-22(27)24-18-13-20-17(12-21(18)29-2)16-7-3-4-8-19(16)30-20/h3-9,12-13H,10-11H2,1-2H3,(H,24,27)(H,26,28)/b25-14-. The van der Waals surface area contributed by atoms with Crippen molar-refractivity contribution in [2.24, 2.45) is 5.10 Å². The molecule has 0 spiro atoms. The summed E-state index contributed by atoms with van der Waals surface area (Å²) in [5, 5.41) is 10.7. The van der Waals surface area contributed by atoms with Gasteiger partial charge in [-0.15, -0.1) is 11.3 Å². The molecule has 2 aromatic heterocycles. The summed E-state index contributed by atoms with van der Waals surface area (Å²) in [6, 6.07) is 15.1. The molecule has 0 bridgehead atoms. The quantitative estimate of drug-likeness (QED) is 0.324. The molecule has 0 aliphatic rings. The van der Waals surface area contributed by atoms with Crippen LogP contribution in [0, 0.1) is 0 Å². The van der Waals surface area contributed by atoms with Crippen LogP contribution in [0.1, 0.15) is 18.2 Å². The summed E-state index contributed by atoms with van der Waals surface area (Å²) in [5.74, 6) is 0.0352. The van der Waals surface area contributed by atoms with Crippen molar-refractivity contribution in [3.8, 4) is 5.75 Å². The number of hydrogen-bond acceptors (Lipinski definition) is 6. The van der Waals surface area contributed by atoms with E-state index in [1.54, 1.807) is 20.1 Å². The third-order valence-corrected chi connectivity index (χ3v) is 5.55. The molecular weight excluding hydrogens is 414 g/mol. The summed E-state index contributed by atoms with van der Waals surface area (Å²) in [5.41, 5.74) is 4.91. The van der Waals surface area contributed by atoms with E-state index in [1.807, 2.05) is 47.8 Å². The van der Waals surface area contributed by atoms with Crippen molar-refractivity contribution >= 4 is 56.5 Å². The van der Waals surface area contributed by atoms with E-state index in [9.17, 15) is 9.59 Å². The van der Waals surface area contributed by atoms with Crippen molar-refractivity contribution in [3.05, 3.63) is 58.8 Å². The van der Waals surface area contributed by atoms with Gasteiger partial charge in [0.1, 0.15) is 16.9 Å². The van der Waals surface area contributed by atoms with Crippen LogP contribution in [0.2, 0.25) is 0 Å². The predicted molar refractivity (Wildman–Crippen MR) is 123 cm³/mol. The fraction of sp³-hybridized carbons (Fsp3) is 0.174. The Morgan fingerprint density at radius 3 is 2.68 bits per heavy atom. The lowest BCUT2D eigenvalue weighted by Crippen LogP contribution is -2.22. The van der Waals surface area contributed by atoms with E-state index in [-0.39, 0.29) is 24.7 Å². The number of amides is 2. The van der Waals surface area contributed by atoms with Gasteiger partial charge >= 0.3 is 0 Å². The third kappa shape index (κ3) is 4.75. The summed E-state index contributed by atoms with van der Waals surface area (Å²) in [6.07, 6.45) is 0.288. The zero-order chi connectivity index (χ0) is 21.8. The van der Waals surface area contributed by atoms with Crippen molar-refractivity contribution in [2.45, 2.75) is 19.8 Å². The van der Waals surface area contributed by atoms with Gasteiger partial charge in [-0.3, -0.25) is 9.59 Å². The second-order valence-corrected chi connectivity index (χ2v) is 8.04. The van der Waals surface area contributed by atoms with Crippen LogP contribution in [-0.2, 0) is 16.0 Å². The fourth-order valence-corrected chi connectivity index (χ4v) is 3.96. The van der Waals surface area contributed by atoms with Crippen LogP contribution in [0.15, 0.2) is 63.4 Å². The fourth-order valence-electron chi connectivity index (χ4n) is 3.25. The van der Waals surface area contributed by atoms with Crippen LogP contribution in [0.5, 0.6) is 5.75 Å². The number of hydrogen-bond donors (Lipinski definition) is 2. The molecule has 2 N–H and O–H groups in total. The number of thiophene rings is 1. The average molecular weight is 436 g/mol. The summed E-state index contributed by atoms with van der Waals surface area (Å²) in [7, 11) is 1.55. The first-order valence-corrected chi connectivity index (χ1v) is 10.5. The maximum Gasteiger partial charge on any atom is 0.245 e. The number of para-hydroxylation sites is 1. The lowest BCUT2D eigenvalue weighted by Gasteiger charge is -2.10. The van der Waals surface area contributed by atoms with Gasteiger partial charge in [-0.1, -0.05) is 24.3 Å². The smallest absolute Gasteiger partial charge is 0.245 e. The molecule has 4 aromatic rings. The number of hydrazone groups is 1. The van der Waals surface area contributed by atoms with Crippen LogP contribution >= 0.6 is 11.3 Å². The summed E-state index contributed by atoms with van der Waals surface area (Å²) < 4.78 is 11.3. The molecule has 0 radical (unpaired) electrons. The number of anilines is 1. The van der Waals surface area contributed by atoms with Gasteiger partial charge in [-0.2, -0.15) is 5.10 Å². The number of carbonyl (C=O) groups is 2. The lowest BCUT2D eigenvalue weighted by atomic mass is 10.1. The molecule has 0 fully saturated rings. The number of methoxy groups -OCH3 is 1. The molecule has 0 atom stereocenters. The second kappa shape index (κ2) is 9.01. The van der Waals surface area contributed by atoms with E-state index < -0.39 is 0 Å². The highest BCUT2D eigenvalue weighted by atomic mass is 32.1. The first-order valence-electron chi connectivity index (χ1n) is 9.67. The molecule has 31 heavy (non-hydrogen) atoms. The SMILES string of the molecule is COc1cc2c(cc1NC(=O)C/C(C)=N\NC(=O)Cc1cccs1)oc1ccccc12. The topological polar surface area (TPSA) is 92.9 Å². The van der Waals surface area contributed by atoms with Crippen molar-refractivity contribution in [2.75, 3.05) is 12.4 Å². The molecule has 8 heteroatoms. The minimum Gasteiger partial charge on any atom is -0.495 e. The number of nitrogens with one attached hydrogen (secondary N) is 2. The average Bonchev–Trinajstić information content (AvgIpc) is 3.38. The Morgan fingerprint density at radius 1 is 1.06 bits per heavy atom. The molecular formula is C23H21N3O4S. The molecule has 0 aliphatic heterocycles. The molecule has 0 aliphatic carbocycles. The highest BCUT2D eigenvalue weighted by molar-refractivity contribution is 7.10. The van der Waals surface area contributed by atoms with Crippen molar-refractivity contribution in [1.29, 1.82) is 0 Å². The number of furan rings is 1. The van der Waals surface area contributed by atoms with Crippen LogP contribution < -0.4 is 15.5 Å². The largest absolute Gasteiger partial charge is 0.495 e. The zero-order valence-electron chi connectivity index (χ0n) is 17.1. The highest BCUT2D eigenvalue weighted by Gasteiger charge is 2.14. The van der Waals surface area contributed by atoms with Gasteiger partial charge in [0.2, 0.25) is 11.8 Å². The van der Waals surface area contributed by atoms with Gasteiger partial charge in [0.05, 0.1) is 25.6 Å². The Morgan fingerprint density at radius 2 is 1.90 bits per heavy atom. The van der Waals surface area contributed by atoms with E-state index in [0.29, 0.717) is 22.7 Å². The van der Waals surface area contributed by atoms with E-state index in [4.69, 9.17) is 9.15 Å². The van der Waals surface area contributed by atoms with Crippen LogP contribution in [0.25, 0.3) is 21.9 Å². The van der Waals surface area contributed by atoms with Crippen molar-refractivity contribution < 1.29 is 18.7 Å². The normalized spacial score (nSPS) is 11.6. The van der Waals surface area contributed by atoms with Gasteiger partial charge < -0.3 is 14.5 Å². The first-order chi connectivity index (χ1) is 15.0. The van der Waals surface area contributed by atoms with E-state index >= 15 is 0 Å². The molecule has 0 saturated carbocycles. The number of nitrogens with zero attached hydrogens (tertiary/aromatic N) is 1. The van der Waals surface area contributed by atoms with Gasteiger partial charge in [-0.05, 0) is 30.5 Å². The van der Waals surface area contributed by atoms with Crippen LogP contribution in [-0.4, -0.2) is 24.6 Å². The molecule has 0 saturated heterocycles. The minimum atomic E-state index is -0.275. The second-order valence-electron chi connectivity index (χ2n) is 7.01. The van der Waals surface area contributed by atoms with Gasteiger partial charge in [-0.25, -0.2) is 5.43 Å². The summed E-state index contributed by atoms with van der Waals surface area (Å²) >= 11 is 1.51. The lowest BCUT2D eigenvalue weighted by molar-refractivity contribution is -0.120. The first kappa shape index (κ1) is 20.6. The third-order valence-electron chi connectivity index (χ3n) is 4.68. The minimum absolute atomic E-state index is 0.0284. The molecule has 2 amide bonds. The number of carbonyl (C=O) groups excluding carboxylic acids is 2. The van der Waals surface area contributed by atoms with Crippen molar-refractivity contribution in [3.63, 3.8) is 0 Å². The van der Waals surface area contributed by atoms with Crippen molar-refractivity contribution in [1.82, 2.24) is 5.43 Å². The zero-order valence-corrected chi connectivity index (χ0v) is 17.9. The molecule has 2 heterocycles. The van der Waals surface area contributed by atoms with Gasteiger partial charge in [0.15, 0.2) is 0 Å². The summed E-state index contributed by atoms with van der Waals surface area (Å²) in [4.78, 5) is 25.4. The van der Waals surface area contributed by atoms with Gasteiger partial charge in [0.25, 0.3) is 0 Å². The Hall–Kier alpha value is -3.65. The molecule has 4 rings (SSSR count). The molecule has 2 aromatic carbocycles. The van der Waals surface area contributed by atoms with E-state index in [2.05, 4.69) is 15.8 Å². The number of rotatable bonds is 7. The maximum absolute atomic E-state index is 12.5.